The predicted octanol–water partition coefficient (Wildman–Crippen LogP) is 1.36. The van der Waals surface area contributed by atoms with Gasteiger partial charge in [-0.2, -0.15) is 0 Å². The number of carbonyl (C=O) groups is 2. The molecule has 0 saturated heterocycles. The fourth-order valence-corrected chi connectivity index (χ4v) is 2.31. The summed E-state index contributed by atoms with van der Waals surface area (Å²) in [5.41, 5.74) is 1.20. The van der Waals surface area contributed by atoms with E-state index in [0.29, 0.717) is 11.6 Å². The molecule has 5 nitrogen and oxygen atoms in total. The summed E-state index contributed by atoms with van der Waals surface area (Å²) < 4.78 is 0. The van der Waals surface area contributed by atoms with Gasteiger partial charge in [-0.15, -0.1) is 0 Å². The van der Waals surface area contributed by atoms with E-state index in [1.807, 2.05) is 13.8 Å². The molecule has 6 heteroatoms. The molecule has 0 bridgehead atoms. The van der Waals surface area contributed by atoms with Gasteiger partial charge in [0, 0.05) is 29.3 Å². The molecule has 0 radical (unpaired) electrons. The summed E-state index contributed by atoms with van der Waals surface area (Å²) in [6, 6.07) is 5.22. The number of hydrogen-bond donors (Lipinski definition) is 2. The number of nitrogens with one attached hydrogen (secondary N) is 1. The van der Waals surface area contributed by atoms with Gasteiger partial charge in [-0.3, -0.25) is 9.59 Å². The Morgan fingerprint density at radius 3 is 2.86 bits per heavy atom. The topological polar surface area (TPSA) is 69.6 Å². The van der Waals surface area contributed by atoms with Crippen molar-refractivity contribution in [2.24, 2.45) is 5.41 Å². The number of anilines is 1. The first-order valence-electron chi connectivity index (χ1n) is 6.79. The number of carbonyl (C=O) groups excluding carboxylic acids is 2. The summed E-state index contributed by atoms with van der Waals surface area (Å²) in [5.74, 6) is -0.350. The van der Waals surface area contributed by atoms with Crippen molar-refractivity contribution in [1.29, 1.82) is 0 Å². The maximum Gasteiger partial charge on any atom is 0.240 e. The van der Waals surface area contributed by atoms with Gasteiger partial charge in [0.15, 0.2) is 0 Å². The number of benzene rings is 1. The highest BCUT2D eigenvalue weighted by molar-refractivity contribution is 6.31. The van der Waals surface area contributed by atoms with Crippen molar-refractivity contribution >= 4 is 29.1 Å². The monoisotopic (exact) mass is 310 g/mol. The van der Waals surface area contributed by atoms with Crippen molar-refractivity contribution in [3.05, 3.63) is 28.8 Å². The molecule has 21 heavy (non-hydrogen) atoms. The fraction of sp³-hybridized carbons (Fsp3) is 0.467. The van der Waals surface area contributed by atoms with Crippen molar-refractivity contribution in [2.45, 2.75) is 20.3 Å². The Morgan fingerprint density at radius 2 is 2.19 bits per heavy atom. The number of rotatable bonds is 5. The van der Waals surface area contributed by atoms with Crippen LogP contribution >= 0.6 is 11.6 Å². The molecule has 0 fully saturated rings. The van der Waals surface area contributed by atoms with E-state index in [1.165, 1.54) is 4.90 Å². The molecule has 1 aromatic rings. The quantitative estimate of drug-likeness (QED) is 0.863. The normalized spacial score (nSPS) is 14.3. The van der Waals surface area contributed by atoms with Crippen LogP contribution in [-0.4, -0.2) is 36.6 Å². The van der Waals surface area contributed by atoms with Gasteiger partial charge in [0.1, 0.15) is 6.54 Å². The number of aliphatic hydroxyl groups is 1. The third kappa shape index (κ3) is 3.74. The lowest BCUT2D eigenvalue weighted by Crippen LogP contribution is -2.43. The number of nitrogens with zero attached hydrogens (tertiary/aromatic N) is 1. The van der Waals surface area contributed by atoms with Crippen molar-refractivity contribution < 1.29 is 14.7 Å². The molecule has 0 spiro atoms. The van der Waals surface area contributed by atoms with Crippen LogP contribution < -0.4 is 10.2 Å². The third-order valence-corrected chi connectivity index (χ3v) is 3.70. The van der Waals surface area contributed by atoms with Gasteiger partial charge in [0.25, 0.3) is 0 Å². The molecule has 0 aromatic heterocycles. The summed E-state index contributed by atoms with van der Waals surface area (Å²) in [5, 5.41) is 12.5. The van der Waals surface area contributed by atoms with Crippen LogP contribution in [0.25, 0.3) is 0 Å². The lowest BCUT2D eigenvalue weighted by Gasteiger charge is -2.23. The molecular weight excluding hydrogens is 292 g/mol. The van der Waals surface area contributed by atoms with Crippen molar-refractivity contribution in [1.82, 2.24) is 5.32 Å². The third-order valence-electron chi connectivity index (χ3n) is 3.47. The highest BCUT2D eigenvalue weighted by atomic mass is 35.5. The Morgan fingerprint density at radius 1 is 1.48 bits per heavy atom. The summed E-state index contributed by atoms with van der Waals surface area (Å²) in [6.45, 7) is 4.03. The van der Waals surface area contributed by atoms with Crippen LogP contribution in [0.2, 0.25) is 5.02 Å². The van der Waals surface area contributed by atoms with Gasteiger partial charge in [0.05, 0.1) is 6.42 Å². The Labute approximate surface area is 128 Å². The highest BCUT2D eigenvalue weighted by Gasteiger charge is 2.29. The molecule has 1 aliphatic rings. The molecule has 0 atom stereocenters. The van der Waals surface area contributed by atoms with E-state index < -0.39 is 0 Å². The minimum atomic E-state index is -0.379. The van der Waals surface area contributed by atoms with E-state index in [0.717, 1.165) is 11.3 Å². The zero-order chi connectivity index (χ0) is 15.6. The molecule has 0 saturated carbocycles. The first-order valence-corrected chi connectivity index (χ1v) is 7.16. The Kier molecular flexibility index (Phi) is 4.54. The molecule has 2 N–H and O–H groups in total. The van der Waals surface area contributed by atoms with Crippen molar-refractivity contribution in [3.8, 4) is 0 Å². The van der Waals surface area contributed by atoms with Gasteiger partial charge >= 0.3 is 0 Å². The average Bonchev–Trinajstić information content (AvgIpc) is 2.72. The van der Waals surface area contributed by atoms with Crippen LogP contribution in [-0.2, 0) is 16.0 Å². The zero-order valence-electron chi connectivity index (χ0n) is 12.1. The predicted molar refractivity (Wildman–Crippen MR) is 81.4 cm³/mol. The molecule has 1 heterocycles. The second-order valence-corrected chi connectivity index (χ2v) is 6.47. The summed E-state index contributed by atoms with van der Waals surface area (Å²) in [4.78, 5) is 25.4. The molecule has 114 valence electrons. The van der Waals surface area contributed by atoms with E-state index in [2.05, 4.69) is 5.32 Å². The first-order chi connectivity index (χ1) is 9.82. The zero-order valence-corrected chi connectivity index (χ0v) is 12.9. The van der Waals surface area contributed by atoms with E-state index in [4.69, 9.17) is 16.7 Å². The lowest BCUT2D eigenvalue weighted by molar-refractivity contribution is -0.123. The van der Waals surface area contributed by atoms with Gasteiger partial charge < -0.3 is 15.3 Å². The van der Waals surface area contributed by atoms with Gasteiger partial charge in [-0.05, 0) is 23.8 Å². The van der Waals surface area contributed by atoms with Crippen molar-refractivity contribution in [2.75, 3.05) is 24.6 Å². The van der Waals surface area contributed by atoms with Crippen LogP contribution in [0.3, 0.4) is 0 Å². The van der Waals surface area contributed by atoms with Gasteiger partial charge in [-0.25, -0.2) is 0 Å². The number of aliphatic hydroxyl groups excluding tert-OH is 1. The van der Waals surface area contributed by atoms with E-state index >= 15 is 0 Å². The fourth-order valence-electron chi connectivity index (χ4n) is 2.12. The number of hydrogen-bond acceptors (Lipinski definition) is 3. The van der Waals surface area contributed by atoms with E-state index in [9.17, 15) is 9.59 Å². The Hall–Kier alpha value is -1.59. The molecule has 2 rings (SSSR count). The van der Waals surface area contributed by atoms with Crippen LogP contribution in [0.5, 0.6) is 0 Å². The minimum Gasteiger partial charge on any atom is -0.396 e. The number of halogens is 1. The Bertz CT molecular complexity index is 572. The largest absolute Gasteiger partial charge is 0.396 e. The van der Waals surface area contributed by atoms with E-state index in [1.54, 1.807) is 18.2 Å². The summed E-state index contributed by atoms with van der Waals surface area (Å²) in [7, 11) is 0. The molecule has 2 amide bonds. The summed E-state index contributed by atoms with van der Waals surface area (Å²) >= 11 is 5.91. The highest BCUT2D eigenvalue weighted by Crippen LogP contribution is 2.30. The van der Waals surface area contributed by atoms with Crippen LogP contribution in [0.1, 0.15) is 19.4 Å². The number of amides is 2. The first kappa shape index (κ1) is 15.8. The van der Waals surface area contributed by atoms with Crippen LogP contribution in [0, 0.1) is 5.41 Å². The van der Waals surface area contributed by atoms with Crippen molar-refractivity contribution in [3.63, 3.8) is 0 Å². The Balaban J connectivity index is 2.01. The second-order valence-electron chi connectivity index (χ2n) is 6.03. The van der Waals surface area contributed by atoms with E-state index in [-0.39, 0.29) is 36.8 Å². The molecule has 0 unspecified atom stereocenters. The maximum absolute atomic E-state index is 12.0. The number of fused-ring (bicyclic) bond motifs is 1. The maximum atomic E-state index is 12.0. The summed E-state index contributed by atoms with van der Waals surface area (Å²) in [6.07, 6.45) is 0.269. The van der Waals surface area contributed by atoms with Gasteiger partial charge in [0.2, 0.25) is 11.8 Å². The molecule has 1 aromatic carbocycles. The van der Waals surface area contributed by atoms with Crippen LogP contribution in [0.15, 0.2) is 18.2 Å². The average molecular weight is 311 g/mol. The molecule has 1 aliphatic heterocycles. The SMILES string of the molecule is CC(C)(CO)CNC(=O)CN1C(=O)Cc2cc(Cl)ccc21. The second kappa shape index (κ2) is 6.03. The lowest BCUT2D eigenvalue weighted by atomic mass is 9.95. The smallest absolute Gasteiger partial charge is 0.240 e. The minimum absolute atomic E-state index is 0.0166. The molecule has 0 aliphatic carbocycles. The van der Waals surface area contributed by atoms with Gasteiger partial charge in [-0.1, -0.05) is 25.4 Å². The molecular formula is C15H19ClN2O3. The van der Waals surface area contributed by atoms with Crippen LogP contribution in [0.4, 0.5) is 5.69 Å². The standard InChI is InChI=1S/C15H19ClN2O3/c1-15(2,9-19)8-17-13(20)7-18-12-4-3-11(16)5-10(12)6-14(18)21/h3-5,19H,6-9H2,1-2H3,(H,17,20).